The number of carbonyl (C=O) groups excluding carboxylic acids is 2. The van der Waals surface area contributed by atoms with Crippen molar-refractivity contribution in [3.05, 3.63) is 0 Å². The van der Waals surface area contributed by atoms with Crippen molar-refractivity contribution in [2.75, 3.05) is 26.8 Å². The van der Waals surface area contributed by atoms with Crippen molar-refractivity contribution < 1.29 is 14.3 Å². The number of likely N-dealkylation sites (tertiary alicyclic amines) is 1. The van der Waals surface area contributed by atoms with Crippen LogP contribution in [0.5, 0.6) is 0 Å². The number of carbonyl (C=O) groups is 2. The van der Waals surface area contributed by atoms with Gasteiger partial charge in [0.25, 0.3) is 0 Å². The fourth-order valence-corrected chi connectivity index (χ4v) is 2.30. The van der Waals surface area contributed by atoms with Crippen LogP contribution in [0.3, 0.4) is 0 Å². The van der Waals surface area contributed by atoms with Gasteiger partial charge in [0.1, 0.15) is 6.61 Å². The number of nitrogens with two attached hydrogens (primary N) is 1. The Labute approximate surface area is 127 Å². The average Bonchev–Trinajstić information content (AvgIpc) is 2.38. The molecule has 1 unspecified atom stereocenters. The van der Waals surface area contributed by atoms with Gasteiger partial charge in [-0.15, -0.1) is 0 Å². The maximum Gasteiger partial charge on any atom is 0.246 e. The Morgan fingerprint density at radius 2 is 1.90 bits per heavy atom. The normalized spacial score (nSPS) is 18.4. The summed E-state index contributed by atoms with van der Waals surface area (Å²) in [4.78, 5) is 25.5. The quantitative estimate of drug-likeness (QED) is 0.774. The Morgan fingerprint density at radius 3 is 2.38 bits per heavy atom. The lowest BCUT2D eigenvalue weighted by atomic mass is 9.85. The molecule has 1 heterocycles. The summed E-state index contributed by atoms with van der Waals surface area (Å²) in [5, 5.41) is 2.92. The molecule has 0 aromatic carbocycles. The van der Waals surface area contributed by atoms with Gasteiger partial charge in [0, 0.05) is 38.7 Å². The summed E-state index contributed by atoms with van der Waals surface area (Å²) in [7, 11) is 1.50. The van der Waals surface area contributed by atoms with Crippen LogP contribution < -0.4 is 11.1 Å². The summed E-state index contributed by atoms with van der Waals surface area (Å²) in [6.07, 6.45) is 1.95. The SMILES string of the molecule is COCC(=O)NC1CCN(C(=O)CC(N)C(C)(C)C)CC1. The third kappa shape index (κ3) is 6.01. The number of rotatable bonds is 5. The maximum atomic E-state index is 12.2. The van der Waals surface area contributed by atoms with Crippen LogP contribution in [-0.4, -0.2) is 55.6 Å². The smallest absolute Gasteiger partial charge is 0.246 e. The van der Waals surface area contributed by atoms with E-state index in [1.54, 1.807) is 0 Å². The van der Waals surface area contributed by atoms with Gasteiger partial charge in [0.2, 0.25) is 11.8 Å². The van der Waals surface area contributed by atoms with Gasteiger partial charge in [0.15, 0.2) is 0 Å². The van der Waals surface area contributed by atoms with E-state index in [4.69, 9.17) is 10.5 Å². The van der Waals surface area contributed by atoms with Crippen molar-refractivity contribution in [1.82, 2.24) is 10.2 Å². The van der Waals surface area contributed by atoms with Gasteiger partial charge in [-0.25, -0.2) is 0 Å². The molecule has 6 nitrogen and oxygen atoms in total. The number of ether oxygens (including phenoxy) is 1. The summed E-state index contributed by atoms with van der Waals surface area (Å²) in [5.41, 5.74) is 6.00. The van der Waals surface area contributed by atoms with E-state index >= 15 is 0 Å². The first-order valence-corrected chi connectivity index (χ1v) is 7.55. The molecule has 1 fully saturated rings. The Balaban J connectivity index is 2.35. The molecular formula is C15H29N3O3. The number of hydrogen-bond acceptors (Lipinski definition) is 4. The van der Waals surface area contributed by atoms with Crippen LogP contribution in [0.4, 0.5) is 0 Å². The molecule has 0 aliphatic carbocycles. The van der Waals surface area contributed by atoms with E-state index in [1.165, 1.54) is 7.11 Å². The topological polar surface area (TPSA) is 84.7 Å². The molecule has 0 spiro atoms. The number of piperidine rings is 1. The third-order valence-corrected chi connectivity index (χ3v) is 4.00. The fraction of sp³-hybridized carbons (Fsp3) is 0.867. The maximum absolute atomic E-state index is 12.2. The van der Waals surface area contributed by atoms with Gasteiger partial charge < -0.3 is 20.7 Å². The van der Waals surface area contributed by atoms with E-state index in [0.717, 1.165) is 12.8 Å². The number of amides is 2. The van der Waals surface area contributed by atoms with Crippen LogP contribution in [0.25, 0.3) is 0 Å². The molecule has 3 N–H and O–H groups in total. The highest BCUT2D eigenvalue weighted by atomic mass is 16.5. The summed E-state index contributed by atoms with van der Waals surface area (Å²) in [6, 6.07) is -0.00267. The van der Waals surface area contributed by atoms with Gasteiger partial charge in [-0.05, 0) is 18.3 Å². The van der Waals surface area contributed by atoms with E-state index < -0.39 is 0 Å². The van der Waals surface area contributed by atoms with Crippen LogP contribution in [-0.2, 0) is 14.3 Å². The van der Waals surface area contributed by atoms with Crippen molar-refractivity contribution in [3.63, 3.8) is 0 Å². The van der Waals surface area contributed by atoms with E-state index in [2.05, 4.69) is 5.32 Å². The highest BCUT2D eigenvalue weighted by Crippen LogP contribution is 2.21. The zero-order chi connectivity index (χ0) is 16.0. The van der Waals surface area contributed by atoms with Crippen molar-refractivity contribution in [2.45, 2.75) is 52.1 Å². The molecule has 1 saturated heterocycles. The lowest BCUT2D eigenvalue weighted by molar-refractivity contribution is -0.133. The lowest BCUT2D eigenvalue weighted by Gasteiger charge is -2.34. The Bertz CT molecular complexity index is 358. The number of nitrogens with zero attached hydrogens (tertiary/aromatic N) is 1. The van der Waals surface area contributed by atoms with Crippen molar-refractivity contribution in [1.29, 1.82) is 0 Å². The highest BCUT2D eigenvalue weighted by molar-refractivity contribution is 5.78. The van der Waals surface area contributed by atoms with Gasteiger partial charge in [0.05, 0.1) is 0 Å². The average molecular weight is 299 g/mol. The molecule has 0 aromatic heterocycles. The van der Waals surface area contributed by atoms with E-state index in [9.17, 15) is 9.59 Å². The molecule has 1 atom stereocenters. The summed E-state index contributed by atoms with van der Waals surface area (Å²) < 4.78 is 4.79. The van der Waals surface area contributed by atoms with Gasteiger partial charge in [-0.2, -0.15) is 0 Å². The number of hydrogen-bond donors (Lipinski definition) is 2. The zero-order valence-electron chi connectivity index (χ0n) is 13.6. The van der Waals surface area contributed by atoms with Crippen LogP contribution in [0.15, 0.2) is 0 Å². The van der Waals surface area contributed by atoms with Crippen LogP contribution in [0.2, 0.25) is 0 Å². The van der Waals surface area contributed by atoms with Crippen LogP contribution in [0, 0.1) is 5.41 Å². The molecule has 0 saturated carbocycles. The van der Waals surface area contributed by atoms with Crippen molar-refractivity contribution in [2.24, 2.45) is 11.1 Å². The molecule has 6 heteroatoms. The van der Waals surface area contributed by atoms with Gasteiger partial charge in [-0.1, -0.05) is 20.8 Å². The first kappa shape index (κ1) is 17.9. The molecular weight excluding hydrogens is 270 g/mol. The molecule has 1 aliphatic heterocycles. The zero-order valence-corrected chi connectivity index (χ0v) is 13.6. The van der Waals surface area contributed by atoms with Gasteiger partial charge in [-0.3, -0.25) is 9.59 Å². The van der Waals surface area contributed by atoms with Gasteiger partial charge >= 0.3 is 0 Å². The molecule has 1 aliphatic rings. The molecule has 122 valence electrons. The van der Waals surface area contributed by atoms with Crippen molar-refractivity contribution >= 4 is 11.8 Å². The predicted molar refractivity (Wildman–Crippen MR) is 81.7 cm³/mol. The Kier molecular flexibility index (Phi) is 6.61. The minimum atomic E-state index is -0.135. The Hall–Kier alpha value is -1.14. The molecule has 0 bridgehead atoms. The number of methoxy groups -OCH3 is 1. The molecule has 21 heavy (non-hydrogen) atoms. The number of nitrogens with one attached hydrogen (secondary N) is 1. The monoisotopic (exact) mass is 299 g/mol. The van der Waals surface area contributed by atoms with Crippen LogP contribution >= 0.6 is 0 Å². The highest BCUT2D eigenvalue weighted by Gasteiger charge is 2.28. The molecule has 1 rings (SSSR count). The second-order valence-electron chi connectivity index (χ2n) is 6.83. The third-order valence-electron chi connectivity index (χ3n) is 4.00. The lowest BCUT2D eigenvalue weighted by Crippen LogP contribution is -2.49. The second kappa shape index (κ2) is 7.75. The predicted octanol–water partition coefficient (Wildman–Crippen LogP) is 0.504. The first-order chi connectivity index (χ1) is 9.74. The summed E-state index contributed by atoms with van der Waals surface area (Å²) >= 11 is 0. The first-order valence-electron chi connectivity index (χ1n) is 7.55. The molecule has 0 radical (unpaired) electrons. The molecule has 2 amide bonds. The summed E-state index contributed by atoms with van der Waals surface area (Å²) in [5.74, 6) is 0.0103. The fourth-order valence-electron chi connectivity index (χ4n) is 2.30. The Morgan fingerprint density at radius 1 is 1.33 bits per heavy atom. The minimum absolute atomic E-state index is 0.0674. The van der Waals surface area contributed by atoms with E-state index in [0.29, 0.717) is 19.5 Å². The summed E-state index contributed by atoms with van der Waals surface area (Å²) in [6.45, 7) is 7.56. The van der Waals surface area contributed by atoms with E-state index in [1.807, 2.05) is 25.7 Å². The molecule has 0 aromatic rings. The second-order valence-corrected chi connectivity index (χ2v) is 6.83. The van der Waals surface area contributed by atoms with Crippen molar-refractivity contribution in [3.8, 4) is 0 Å². The largest absolute Gasteiger partial charge is 0.375 e. The van der Waals surface area contributed by atoms with Crippen LogP contribution in [0.1, 0.15) is 40.0 Å². The van der Waals surface area contributed by atoms with E-state index in [-0.39, 0.29) is 35.9 Å². The standard InChI is InChI=1S/C15H29N3O3/c1-15(2,3)12(16)9-14(20)18-7-5-11(6-8-18)17-13(19)10-21-4/h11-12H,5-10,16H2,1-4H3,(H,17,19). The minimum Gasteiger partial charge on any atom is -0.375 e.